The lowest BCUT2D eigenvalue weighted by molar-refractivity contribution is -0.126. The number of likely N-dealkylation sites (N-methyl/N-ethyl adjacent to an activating group) is 1. The molecule has 1 fully saturated rings. The van der Waals surface area contributed by atoms with Crippen LogP contribution in [0.25, 0.3) is 0 Å². The molecule has 110 valence electrons. The van der Waals surface area contributed by atoms with Crippen LogP contribution in [-0.4, -0.2) is 29.9 Å². The van der Waals surface area contributed by atoms with Crippen molar-refractivity contribution in [2.75, 3.05) is 7.05 Å². The summed E-state index contributed by atoms with van der Waals surface area (Å²) in [4.78, 5) is 14.3. The van der Waals surface area contributed by atoms with Crippen molar-refractivity contribution in [2.24, 2.45) is 0 Å². The van der Waals surface area contributed by atoms with Crippen LogP contribution in [0.2, 0.25) is 0 Å². The van der Waals surface area contributed by atoms with E-state index in [-0.39, 0.29) is 11.9 Å². The molecule has 0 bridgehead atoms. The van der Waals surface area contributed by atoms with Crippen molar-refractivity contribution in [1.82, 2.24) is 10.2 Å². The maximum absolute atomic E-state index is 12.2. The Morgan fingerprint density at radius 3 is 2.55 bits per heavy atom. The molecule has 0 saturated heterocycles. The Bertz CT molecular complexity index is 440. The summed E-state index contributed by atoms with van der Waals surface area (Å²) < 4.78 is 1.08. The van der Waals surface area contributed by atoms with Gasteiger partial charge in [0.2, 0.25) is 5.91 Å². The quantitative estimate of drug-likeness (QED) is 0.893. The molecule has 1 saturated carbocycles. The standard InChI is InChI=1S/C16H23BrN2O/c1-12(16(20)18-15-5-3-4-6-15)19(2)11-13-7-9-14(17)10-8-13/h7-10,12,15H,3-6,11H2,1-2H3,(H,18,20)/t12-/m1/s1. The topological polar surface area (TPSA) is 32.3 Å². The first-order valence-corrected chi connectivity index (χ1v) is 8.10. The maximum Gasteiger partial charge on any atom is 0.237 e. The Hall–Kier alpha value is -0.870. The van der Waals surface area contributed by atoms with Crippen LogP contribution in [0.3, 0.4) is 0 Å². The van der Waals surface area contributed by atoms with E-state index >= 15 is 0 Å². The molecule has 1 N–H and O–H groups in total. The smallest absolute Gasteiger partial charge is 0.237 e. The summed E-state index contributed by atoms with van der Waals surface area (Å²) in [6.45, 7) is 2.76. The van der Waals surface area contributed by atoms with E-state index < -0.39 is 0 Å². The van der Waals surface area contributed by atoms with Gasteiger partial charge in [-0.3, -0.25) is 9.69 Å². The van der Waals surface area contributed by atoms with Crippen LogP contribution in [0.1, 0.15) is 38.2 Å². The summed E-state index contributed by atoms with van der Waals surface area (Å²) in [5.41, 5.74) is 1.22. The highest BCUT2D eigenvalue weighted by molar-refractivity contribution is 9.10. The van der Waals surface area contributed by atoms with Crippen molar-refractivity contribution in [1.29, 1.82) is 0 Å². The minimum Gasteiger partial charge on any atom is -0.352 e. The van der Waals surface area contributed by atoms with Crippen LogP contribution in [0.4, 0.5) is 0 Å². The molecular formula is C16H23BrN2O. The number of halogens is 1. The van der Waals surface area contributed by atoms with Crippen LogP contribution >= 0.6 is 15.9 Å². The molecule has 1 atom stereocenters. The number of amides is 1. The van der Waals surface area contributed by atoms with E-state index in [0.29, 0.717) is 6.04 Å². The van der Waals surface area contributed by atoms with Crippen molar-refractivity contribution in [3.05, 3.63) is 34.3 Å². The molecule has 4 heteroatoms. The Morgan fingerprint density at radius 1 is 1.35 bits per heavy atom. The maximum atomic E-state index is 12.2. The van der Waals surface area contributed by atoms with Gasteiger partial charge < -0.3 is 5.32 Å². The van der Waals surface area contributed by atoms with Crippen molar-refractivity contribution >= 4 is 21.8 Å². The molecule has 1 aromatic carbocycles. The molecule has 2 rings (SSSR count). The second kappa shape index (κ2) is 7.23. The van der Waals surface area contributed by atoms with E-state index in [1.807, 2.05) is 26.1 Å². The number of carbonyl (C=O) groups is 1. The Morgan fingerprint density at radius 2 is 1.95 bits per heavy atom. The first-order valence-electron chi connectivity index (χ1n) is 7.31. The predicted octanol–water partition coefficient (Wildman–Crippen LogP) is 3.33. The molecule has 3 nitrogen and oxygen atoms in total. The number of rotatable bonds is 5. The highest BCUT2D eigenvalue weighted by Crippen LogP contribution is 2.18. The van der Waals surface area contributed by atoms with E-state index in [9.17, 15) is 4.79 Å². The first-order chi connectivity index (χ1) is 9.56. The number of carbonyl (C=O) groups excluding carboxylic acids is 1. The summed E-state index contributed by atoms with van der Waals surface area (Å²) >= 11 is 3.43. The van der Waals surface area contributed by atoms with Crippen molar-refractivity contribution in [3.63, 3.8) is 0 Å². The van der Waals surface area contributed by atoms with E-state index in [4.69, 9.17) is 0 Å². The second-order valence-electron chi connectivity index (χ2n) is 5.71. The molecule has 0 heterocycles. The van der Waals surface area contributed by atoms with Gasteiger partial charge in [0.1, 0.15) is 0 Å². The van der Waals surface area contributed by atoms with Crippen LogP contribution in [0.15, 0.2) is 28.7 Å². The van der Waals surface area contributed by atoms with Gasteiger partial charge in [0.05, 0.1) is 6.04 Å². The van der Waals surface area contributed by atoms with Crippen molar-refractivity contribution in [2.45, 2.75) is 51.2 Å². The average Bonchev–Trinajstić information content (AvgIpc) is 2.93. The normalized spacial score (nSPS) is 17.4. The molecular weight excluding hydrogens is 316 g/mol. The monoisotopic (exact) mass is 338 g/mol. The molecule has 0 unspecified atom stereocenters. The van der Waals surface area contributed by atoms with Crippen molar-refractivity contribution < 1.29 is 4.79 Å². The number of hydrogen-bond acceptors (Lipinski definition) is 2. The third-order valence-corrected chi connectivity index (χ3v) is 4.62. The summed E-state index contributed by atoms with van der Waals surface area (Å²) in [5.74, 6) is 0.150. The van der Waals surface area contributed by atoms with E-state index in [1.54, 1.807) is 0 Å². The summed E-state index contributed by atoms with van der Waals surface area (Å²) in [7, 11) is 2.00. The third-order valence-electron chi connectivity index (χ3n) is 4.09. The SMILES string of the molecule is C[C@H](C(=O)NC1CCCC1)N(C)Cc1ccc(Br)cc1. The molecule has 20 heavy (non-hydrogen) atoms. The highest BCUT2D eigenvalue weighted by atomic mass is 79.9. The summed E-state index contributed by atoms with van der Waals surface area (Å²) in [5, 5.41) is 3.17. The minimum absolute atomic E-state index is 0.0979. The molecule has 1 aliphatic rings. The Balaban J connectivity index is 1.85. The largest absolute Gasteiger partial charge is 0.352 e. The molecule has 0 spiro atoms. The average molecular weight is 339 g/mol. The first kappa shape index (κ1) is 15.5. The van der Waals surface area contributed by atoms with E-state index in [2.05, 4.69) is 38.3 Å². The molecule has 0 radical (unpaired) electrons. The van der Waals surface area contributed by atoms with Gasteiger partial charge in [-0.05, 0) is 44.5 Å². The van der Waals surface area contributed by atoms with E-state index in [1.165, 1.54) is 18.4 Å². The summed E-state index contributed by atoms with van der Waals surface area (Å²) in [6, 6.07) is 8.54. The van der Waals surface area contributed by atoms with Crippen LogP contribution in [0, 0.1) is 0 Å². The van der Waals surface area contributed by atoms with Gasteiger partial charge in [-0.2, -0.15) is 0 Å². The number of nitrogens with one attached hydrogen (secondary N) is 1. The molecule has 0 aliphatic heterocycles. The zero-order valence-electron chi connectivity index (χ0n) is 12.2. The van der Waals surface area contributed by atoms with Crippen LogP contribution in [-0.2, 0) is 11.3 Å². The van der Waals surface area contributed by atoms with Crippen LogP contribution < -0.4 is 5.32 Å². The van der Waals surface area contributed by atoms with Crippen LogP contribution in [0.5, 0.6) is 0 Å². The van der Waals surface area contributed by atoms with Crippen molar-refractivity contribution in [3.8, 4) is 0 Å². The lowest BCUT2D eigenvalue weighted by Crippen LogP contribution is -2.46. The zero-order valence-corrected chi connectivity index (χ0v) is 13.8. The Labute approximate surface area is 129 Å². The molecule has 0 aromatic heterocycles. The number of hydrogen-bond donors (Lipinski definition) is 1. The molecule has 1 aromatic rings. The number of nitrogens with zero attached hydrogens (tertiary/aromatic N) is 1. The van der Waals surface area contributed by atoms with Gasteiger partial charge in [-0.1, -0.05) is 40.9 Å². The number of benzene rings is 1. The molecule has 1 amide bonds. The lowest BCUT2D eigenvalue weighted by Gasteiger charge is -2.25. The predicted molar refractivity (Wildman–Crippen MR) is 85.5 cm³/mol. The lowest BCUT2D eigenvalue weighted by atomic mass is 10.1. The van der Waals surface area contributed by atoms with Gasteiger partial charge in [-0.15, -0.1) is 0 Å². The fourth-order valence-corrected chi connectivity index (χ4v) is 2.87. The van der Waals surface area contributed by atoms with E-state index in [0.717, 1.165) is 23.9 Å². The van der Waals surface area contributed by atoms with Gasteiger partial charge >= 0.3 is 0 Å². The van der Waals surface area contributed by atoms with Gasteiger partial charge in [0, 0.05) is 17.1 Å². The highest BCUT2D eigenvalue weighted by Gasteiger charge is 2.22. The van der Waals surface area contributed by atoms with Gasteiger partial charge in [0.15, 0.2) is 0 Å². The second-order valence-corrected chi connectivity index (χ2v) is 6.62. The third kappa shape index (κ3) is 4.32. The Kier molecular flexibility index (Phi) is 5.61. The fourth-order valence-electron chi connectivity index (χ4n) is 2.61. The minimum atomic E-state index is -0.0979. The van der Waals surface area contributed by atoms with Gasteiger partial charge in [-0.25, -0.2) is 0 Å². The zero-order chi connectivity index (χ0) is 14.5. The van der Waals surface area contributed by atoms with Gasteiger partial charge in [0.25, 0.3) is 0 Å². The molecule has 1 aliphatic carbocycles. The summed E-state index contributed by atoms with van der Waals surface area (Å²) in [6.07, 6.45) is 4.76. The fraction of sp³-hybridized carbons (Fsp3) is 0.562.